The first-order valence-corrected chi connectivity index (χ1v) is 6.12. The Morgan fingerprint density at radius 3 is 1.92 bits per heavy atom. The molecule has 0 saturated carbocycles. The first-order valence-electron chi connectivity index (χ1n) is 4.51. The van der Waals surface area contributed by atoms with Crippen LogP contribution in [0.5, 0.6) is 0 Å². The summed E-state index contributed by atoms with van der Waals surface area (Å²) in [4.78, 5) is 0. The molecular weight excluding hydrogens is 200 g/mol. The molecule has 5 heteroatoms. The second-order valence-electron chi connectivity index (χ2n) is 3.05. The number of hydrogen-bond acceptors (Lipinski definition) is 2. The molecule has 1 N–H and O–H groups in total. The van der Waals surface area contributed by atoms with Gasteiger partial charge in [0, 0.05) is 23.1 Å². The molecule has 0 aliphatic rings. The van der Waals surface area contributed by atoms with E-state index in [1.807, 2.05) is 0 Å². The summed E-state index contributed by atoms with van der Waals surface area (Å²) >= 11 is 0. The van der Waals surface area contributed by atoms with Gasteiger partial charge in [0.1, 0.15) is 0 Å². The molecule has 0 unspecified atom stereocenters. The second kappa shape index (κ2) is 9.24. The van der Waals surface area contributed by atoms with Crippen LogP contribution in [0.1, 0.15) is 45.4 Å². The zero-order valence-electron chi connectivity index (χ0n) is 8.33. The van der Waals surface area contributed by atoms with Crippen LogP contribution < -0.4 is 0 Å². The zero-order valence-corrected chi connectivity index (χ0v) is 10.6. The van der Waals surface area contributed by atoms with Gasteiger partial charge in [-0.1, -0.05) is 39.0 Å². The third-order valence-corrected chi connectivity index (χ3v) is 2.56. The van der Waals surface area contributed by atoms with Crippen molar-refractivity contribution in [2.45, 2.75) is 45.4 Å². The standard InChI is InChI=1S/C8H18O3S.Mg/c1-2-3-4-5-6-7-8-12(9,10)11;/h2-8H2,1H3,(H,9,10,11);. The minimum atomic E-state index is -3.72. The summed E-state index contributed by atoms with van der Waals surface area (Å²) in [6.07, 6.45) is 6.14. The molecule has 0 aromatic carbocycles. The van der Waals surface area contributed by atoms with Crippen molar-refractivity contribution in [3.63, 3.8) is 0 Å². The smallest absolute Gasteiger partial charge is 0.264 e. The van der Waals surface area contributed by atoms with Gasteiger partial charge in [0.15, 0.2) is 0 Å². The second-order valence-corrected chi connectivity index (χ2v) is 4.63. The molecule has 13 heavy (non-hydrogen) atoms. The van der Waals surface area contributed by atoms with Gasteiger partial charge in [-0.25, -0.2) is 0 Å². The summed E-state index contributed by atoms with van der Waals surface area (Å²) in [6, 6.07) is 0. The topological polar surface area (TPSA) is 54.4 Å². The molecule has 0 aliphatic heterocycles. The molecule has 0 heterocycles. The fraction of sp³-hybridized carbons (Fsp3) is 1.00. The van der Waals surface area contributed by atoms with Gasteiger partial charge in [0.05, 0.1) is 5.75 Å². The van der Waals surface area contributed by atoms with Gasteiger partial charge in [-0.3, -0.25) is 4.55 Å². The van der Waals surface area contributed by atoms with Gasteiger partial charge in [0.25, 0.3) is 10.1 Å². The highest BCUT2D eigenvalue weighted by atomic mass is 32.2. The van der Waals surface area contributed by atoms with Crippen LogP contribution in [0.15, 0.2) is 0 Å². The number of hydrogen-bond donors (Lipinski definition) is 1. The van der Waals surface area contributed by atoms with Crippen LogP contribution in [-0.4, -0.2) is 41.8 Å². The lowest BCUT2D eigenvalue weighted by Gasteiger charge is -1.98. The lowest BCUT2D eigenvalue weighted by molar-refractivity contribution is 0.478. The highest BCUT2D eigenvalue weighted by Crippen LogP contribution is 2.05. The first-order chi connectivity index (χ1) is 5.56. The van der Waals surface area contributed by atoms with Crippen LogP contribution in [0.3, 0.4) is 0 Å². The van der Waals surface area contributed by atoms with Gasteiger partial charge < -0.3 is 0 Å². The summed E-state index contributed by atoms with van der Waals surface area (Å²) in [6.45, 7) is 2.14. The van der Waals surface area contributed by atoms with E-state index in [1.54, 1.807) is 0 Å². The highest BCUT2D eigenvalue weighted by molar-refractivity contribution is 7.85. The van der Waals surface area contributed by atoms with Crippen LogP contribution in [0.2, 0.25) is 0 Å². The minimum Gasteiger partial charge on any atom is -0.286 e. The molecule has 0 rings (SSSR count). The molecule has 0 atom stereocenters. The van der Waals surface area contributed by atoms with Crippen molar-refractivity contribution in [1.29, 1.82) is 0 Å². The van der Waals surface area contributed by atoms with Crippen LogP contribution in [0.25, 0.3) is 0 Å². The Hall–Kier alpha value is 0.676. The molecular formula is C8H18MgO3S. The van der Waals surface area contributed by atoms with Crippen LogP contribution in [0.4, 0.5) is 0 Å². The normalized spacial score (nSPS) is 10.9. The van der Waals surface area contributed by atoms with Crippen LogP contribution in [-0.2, 0) is 10.1 Å². The minimum absolute atomic E-state index is 0. The lowest BCUT2D eigenvalue weighted by atomic mass is 10.1. The quantitative estimate of drug-likeness (QED) is 0.403. The monoisotopic (exact) mass is 218 g/mol. The largest absolute Gasteiger partial charge is 0.286 e. The third-order valence-electron chi connectivity index (χ3n) is 1.76. The Morgan fingerprint density at radius 1 is 1.00 bits per heavy atom. The van der Waals surface area contributed by atoms with Crippen molar-refractivity contribution in [1.82, 2.24) is 0 Å². The van der Waals surface area contributed by atoms with E-state index in [2.05, 4.69) is 6.92 Å². The average Bonchev–Trinajstić information content (AvgIpc) is 1.94. The van der Waals surface area contributed by atoms with E-state index in [1.165, 1.54) is 19.3 Å². The van der Waals surface area contributed by atoms with E-state index in [0.29, 0.717) is 6.42 Å². The Kier molecular flexibility index (Phi) is 11.5. The maximum Gasteiger partial charge on any atom is 0.264 e. The fourth-order valence-corrected chi connectivity index (χ4v) is 1.63. The van der Waals surface area contributed by atoms with E-state index in [0.717, 1.165) is 12.8 Å². The molecule has 0 aromatic heterocycles. The van der Waals surface area contributed by atoms with Crippen molar-refractivity contribution in [3.8, 4) is 0 Å². The van der Waals surface area contributed by atoms with E-state index in [4.69, 9.17) is 4.55 Å². The maximum atomic E-state index is 10.3. The number of unbranched alkanes of at least 4 members (excludes halogenated alkanes) is 5. The van der Waals surface area contributed by atoms with Crippen LogP contribution in [0, 0.1) is 0 Å². The maximum absolute atomic E-state index is 10.3. The van der Waals surface area contributed by atoms with Gasteiger partial charge in [-0.15, -0.1) is 0 Å². The summed E-state index contributed by atoms with van der Waals surface area (Å²) in [7, 11) is -3.72. The molecule has 0 aromatic rings. The van der Waals surface area contributed by atoms with Gasteiger partial charge >= 0.3 is 0 Å². The molecule has 0 aliphatic carbocycles. The van der Waals surface area contributed by atoms with Gasteiger partial charge in [-0.2, -0.15) is 8.42 Å². The summed E-state index contributed by atoms with van der Waals surface area (Å²) in [5.74, 6) is -0.0842. The molecule has 2 radical (unpaired) electrons. The predicted molar refractivity (Wildman–Crippen MR) is 55.5 cm³/mol. The Labute approximate surface area is 97.2 Å². The van der Waals surface area contributed by atoms with Gasteiger partial charge in [-0.05, 0) is 6.42 Å². The molecule has 3 nitrogen and oxygen atoms in total. The highest BCUT2D eigenvalue weighted by Gasteiger charge is 2.02. The lowest BCUT2D eigenvalue weighted by Crippen LogP contribution is -2.03. The van der Waals surface area contributed by atoms with E-state index < -0.39 is 10.1 Å². The van der Waals surface area contributed by atoms with E-state index in [-0.39, 0.29) is 28.8 Å². The molecule has 0 bridgehead atoms. The Morgan fingerprint density at radius 2 is 1.46 bits per heavy atom. The van der Waals surface area contributed by atoms with Crippen molar-refractivity contribution >= 4 is 33.2 Å². The molecule has 0 spiro atoms. The van der Waals surface area contributed by atoms with Gasteiger partial charge in [0.2, 0.25) is 0 Å². The molecule has 0 fully saturated rings. The zero-order chi connectivity index (χ0) is 9.45. The molecule has 0 amide bonds. The summed E-state index contributed by atoms with van der Waals surface area (Å²) < 4.78 is 28.9. The van der Waals surface area contributed by atoms with Crippen molar-refractivity contribution in [2.75, 3.05) is 5.75 Å². The Bertz CT molecular complexity index is 190. The van der Waals surface area contributed by atoms with E-state index in [9.17, 15) is 8.42 Å². The SMILES string of the molecule is CCCCCCCCS(=O)(=O)O.[Mg]. The van der Waals surface area contributed by atoms with Crippen molar-refractivity contribution < 1.29 is 13.0 Å². The van der Waals surface area contributed by atoms with Crippen LogP contribution >= 0.6 is 0 Å². The summed E-state index contributed by atoms with van der Waals surface area (Å²) in [5, 5.41) is 0. The molecule has 0 saturated heterocycles. The summed E-state index contributed by atoms with van der Waals surface area (Å²) in [5.41, 5.74) is 0. The third kappa shape index (κ3) is 15.4. The average molecular weight is 219 g/mol. The predicted octanol–water partition coefficient (Wildman–Crippen LogP) is 1.85. The van der Waals surface area contributed by atoms with E-state index >= 15 is 0 Å². The fourth-order valence-electron chi connectivity index (χ4n) is 1.06. The Balaban J connectivity index is 0. The number of rotatable bonds is 7. The van der Waals surface area contributed by atoms with Crippen molar-refractivity contribution in [3.05, 3.63) is 0 Å². The van der Waals surface area contributed by atoms with Crippen molar-refractivity contribution in [2.24, 2.45) is 0 Å². The molecule has 76 valence electrons. The first kappa shape index (κ1) is 16.1.